The van der Waals surface area contributed by atoms with Gasteiger partial charge in [-0.05, 0) is 42.0 Å². The molecule has 1 N–H and O–H groups in total. The molecule has 0 aromatic heterocycles. The predicted octanol–water partition coefficient (Wildman–Crippen LogP) is 5.85. The van der Waals surface area contributed by atoms with Crippen molar-refractivity contribution < 1.29 is 26.4 Å². The van der Waals surface area contributed by atoms with E-state index in [1.165, 1.54) is 24.3 Å². The Kier molecular flexibility index (Phi) is 5.94. The van der Waals surface area contributed by atoms with Crippen molar-refractivity contribution in [3.05, 3.63) is 106 Å². The zero-order valence-electron chi connectivity index (χ0n) is 16.8. The molecule has 10 heteroatoms. The summed E-state index contributed by atoms with van der Waals surface area (Å²) >= 11 is 5.90. The van der Waals surface area contributed by atoms with Crippen molar-refractivity contribution in [2.24, 2.45) is 0 Å². The third kappa shape index (κ3) is 4.46. The van der Waals surface area contributed by atoms with Gasteiger partial charge in [-0.25, -0.2) is 8.42 Å². The molecule has 0 spiro atoms. The number of fused-ring (bicyclic) bond motifs is 1. The molecule has 1 aliphatic heterocycles. The number of anilines is 2. The van der Waals surface area contributed by atoms with Gasteiger partial charge in [-0.1, -0.05) is 48.0 Å². The second kappa shape index (κ2) is 8.57. The van der Waals surface area contributed by atoms with Gasteiger partial charge in [0.25, 0.3) is 10.0 Å². The van der Waals surface area contributed by atoms with Crippen LogP contribution in [0.15, 0.2) is 83.9 Å². The summed E-state index contributed by atoms with van der Waals surface area (Å²) in [6, 6.07) is 17.3. The number of carbonyl (C=O) groups is 1. The highest BCUT2D eigenvalue weighted by Gasteiger charge is 2.40. The van der Waals surface area contributed by atoms with E-state index in [4.69, 9.17) is 11.6 Å². The van der Waals surface area contributed by atoms with Crippen molar-refractivity contribution in [1.82, 2.24) is 0 Å². The zero-order valence-corrected chi connectivity index (χ0v) is 18.4. The van der Waals surface area contributed by atoms with Crippen LogP contribution < -0.4 is 9.62 Å². The molecular weight excluding hydrogens is 477 g/mol. The smallest absolute Gasteiger partial charge is 0.360 e. The van der Waals surface area contributed by atoms with E-state index in [0.717, 1.165) is 22.6 Å². The average molecular weight is 493 g/mol. The molecule has 33 heavy (non-hydrogen) atoms. The number of alkyl halides is 3. The van der Waals surface area contributed by atoms with Gasteiger partial charge in [-0.15, -0.1) is 0 Å². The third-order valence-electron chi connectivity index (χ3n) is 5.04. The standard InChI is InChI=1S/C23H16ClF3N2O3S/c24-16-11-9-15(10-12-16)14-29-20-8-4-1-5-17(20)22(30)21(33(29,31)32)13-28-19-7-3-2-6-18(19)23(25,26)27/h1-13,28H,14H2/b21-13+. The van der Waals surface area contributed by atoms with E-state index in [2.05, 4.69) is 5.32 Å². The topological polar surface area (TPSA) is 66.5 Å². The zero-order chi connectivity index (χ0) is 23.8. The molecule has 0 fully saturated rings. The maximum Gasteiger partial charge on any atom is 0.418 e. The van der Waals surface area contributed by atoms with E-state index >= 15 is 0 Å². The van der Waals surface area contributed by atoms with E-state index in [1.54, 1.807) is 36.4 Å². The number of carbonyl (C=O) groups excluding carboxylic acids is 1. The number of hydrogen-bond donors (Lipinski definition) is 1. The largest absolute Gasteiger partial charge is 0.418 e. The fraction of sp³-hybridized carbons (Fsp3) is 0.0870. The molecular formula is C23H16ClF3N2O3S. The summed E-state index contributed by atoms with van der Waals surface area (Å²) in [5, 5.41) is 2.85. The first-order chi connectivity index (χ1) is 15.6. The number of nitrogens with zero attached hydrogens (tertiary/aromatic N) is 1. The minimum absolute atomic E-state index is 0.0970. The normalized spacial score (nSPS) is 16.5. The molecule has 1 heterocycles. The number of hydrogen-bond acceptors (Lipinski definition) is 4. The van der Waals surface area contributed by atoms with Crippen molar-refractivity contribution in [3.8, 4) is 0 Å². The Labute approximate surface area is 193 Å². The quantitative estimate of drug-likeness (QED) is 0.464. The molecule has 0 saturated heterocycles. The lowest BCUT2D eigenvalue weighted by molar-refractivity contribution is -0.136. The third-order valence-corrected chi connectivity index (χ3v) is 7.06. The highest BCUT2D eigenvalue weighted by Crippen LogP contribution is 2.38. The van der Waals surface area contributed by atoms with Gasteiger partial charge in [0.2, 0.25) is 5.78 Å². The fourth-order valence-electron chi connectivity index (χ4n) is 3.45. The molecule has 5 nitrogen and oxygen atoms in total. The molecule has 0 amide bonds. The molecule has 0 unspecified atom stereocenters. The molecule has 0 aliphatic carbocycles. The van der Waals surface area contributed by atoms with Gasteiger partial charge in [0.05, 0.1) is 23.5 Å². The van der Waals surface area contributed by atoms with Crippen molar-refractivity contribution in [3.63, 3.8) is 0 Å². The van der Waals surface area contributed by atoms with Crippen LogP contribution in [0, 0.1) is 0 Å². The van der Waals surface area contributed by atoms with Crippen LogP contribution in [0.3, 0.4) is 0 Å². The number of para-hydroxylation sites is 2. The summed E-state index contributed by atoms with van der Waals surface area (Å²) < 4.78 is 67.8. The van der Waals surface area contributed by atoms with Crippen LogP contribution >= 0.6 is 11.6 Å². The molecule has 0 radical (unpaired) electrons. The van der Waals surface area contributed by atoms with Gasteiger partial charge >= 0.3 is 6.18 Å². The van der Waals surface area contributed by atoms with Crippen molar-refractivity contribution in [1.29, 1.82) is 0 Å². The highest BCUT2D eigenvalue weighted by atomic mass is 35.5. The Bertz CT molecular complexity index is 1350. The Morgan fingerprint density at radius 1 is 0.939 bits per heavy atom. The number of ketones is 1. The number of halogens is 4. The van der Waals surface area contributed by atoms with Gasteiger partial charge in [0.15, 0.2) is 4.91 Å². The van der Waals surface area contributed by atoms with Crippen LogP contribution in [0.2, 0.25) is 5.02 Å². The molecule has 0 saturated carbocycles. The summed E-state index contributed by atoms with van der Waals surface area (Å²) in [6.45, 7) is -0.0970. The van der Waals surface area contributed by atoms with Gasteiger partial charge in [-0.3, -0.25) is 9.10 Å². The Hall–Kier alpha value is -3.30. The summed E-state index contributed by atoms with van der Waals surface area (Å²) in [4.78, 5) is 12.4. The van der Waals surface area contributed by atoms with E-state index in [9.17, 15) is 26.4 Å². The fourth-order valence-corrected chi connectivity index (χ4v) is 5.10. The van der Waals surface area contributed by atoms with E-state index in [-0.39, 0.29) is 23.5 Å². The summed E-state index contributed by atoms with van der Waals surface area (Å²) in [7, 11) is -4.39. The van der Waals surface area contributed by atoms with Crippen LogP contribution in [0.4, 0.5) is 24.5 Å². The number of nitrogens with one attached hydrogen (secondary N) is 1. The Morgan fingerprint density at radius 2 is 1.58 bits per heavy atom. The molecule has 3 aromatic carbocycles. The van der Waals surface area contributed by atoms with E-state index in [0.29, 0.717) is 10.6 Å². The minimum Gasteiger partial charge on any atom is -0.360 e. The van der Waals surface area contributed by atoms with Crippen LogP contribution in [-0.2, 0) is 22.7 Å². The first-order valence-corrected chi connectivity index (χ1v) is 11.4. The van der Waals surface area contributed by atoms with E-state index in [1.807, 2.05) is 0 Å². The van der Waals surface area contributed by atoms with Crippen LogP contribution in [0.5, 0.6) is 0 Å². The second-order valence-electron chi connectivity index (χ2n) is 7.18. The van der Waals surface area contributed by atoms with E-state index < -0.39 is 32.5 Å². The predicted molar refractivity (Wildman–Crippen MR) is 120 cm³/mol. The monoisotopic (exact) mass is 492 g/mol. The molecule has 3 aromatic rings. The molecule has 0 atom stereocenters. The first-order valence-electron chi connectivity index (χ1n) is 9.63. The Balaban J connectivity index is 1.78. The van der Waals surface area contributed by atoms with Crippen LogP contribution in [-0.4, -0.2) is 14.2 Å². The number of benzene rings is 3. The molecule has 170 valence electrons. The van der Waals surface area contributed by atoms with Crippen molar-refractivity contribution in [2.75, 3.05) is 9.62 Å². The van der Waals surface area contributed by atoms with Crippen LogP contribution in [0.1, 0.15) is 21.5 Å². The summed E-state index contributed by atoms with van der Waals surface area (Å²) in [5.74, 6) is -0.810. The second-order valence-corrected chi connectivity index (χ2v) is 9.45. The lowest BCUT2D eigenvalue weighted by atomic mass is 10.1. The van der Waals surface area contributed by atoms with Crippen molar-refractivity contribution in [2.45, 2.75) is 12.7 Å². The minimum atomic E-state index is -4.66. The van der Waals surface area contributed by atoms with Gasteiger partial charge < -0.3 is 5.32 Å². The SMILES string of the molecule is O=C1/C(=C\Nc2ccccc2C(F)(F)F)S(=O)(=O)N(Cc2ccc(Cl)cc2)c2ccccc21. The maximum atomic E-state index is 13.4. The summed E-state index contributed by atoms with van der Waals surface area (Å²) in [6.07, 6.45) is -3.85. The first kappa shape index (κ1) is 22.9. The number of allylic oxidation sites excluding steroid dienone is 1. The maximum absolute atomic E-state index is 13.4. The van der Waals surface area contributed by atoms with Gasteiger partial charge in [-0.2, -0.15) is 13.2 Å². The lowest BCUT2D eigenvalue weighted by Crippen LogP contribution is -2.39. The Morgan fingerprint density at radius 3 is 2.27 bits per heavy atom. The summed E-state index contributed by atoms with van der Waals surface area (Å²) in [5.41, 5.74) is -0.435. The highest BCUT2D eigenvalue weighted by molar-refractivity contribution is 7.97. The molecule has 1 aliphatic rings. The number of Topliss-reactive ketones (excluding diaryl/α,β-unsaturated/α-hetero) is 1. The molecule has 4 rings (SSSR count). The average Bonchev–Trinajstić information content (AvgIpc) is 2.77. The van der Waals surface area contributed by atoms with Gasteiger partial charge in [0, 0.05) is 16.8 Å². The molecule has 0 bridgehead atoms. The van der Waals surface area contributed by atoms with Gasteiger partial charge in [0.1, 0.15) is 0 Å². The number of sulfonamides is 1. The lowest BCUT2D eigenvalue weighted by Gasteiger charge is -2.31. The van der Waals surface area contributed by atoms with Crippen molar-refractivity contribution >= 4 is 38.8 Å². The number of rotatable bonds is 4. The van der Waals surface area contributed by atoms with Crippen LogP contribution in [0.25, 0.3) is 0 Å².